The van der Waals surface area contributed by atoms with Gasteiger partial charge in [-0.15, -0.1) is 26.6 Å². The summed E-state index contributed by atoms with van der Waals surface area (Å²) >= 11 is 3.06. The van der Waals surface area contributed by atoms with Gasteiger partial charge in [0.25, 0.3) is 5.89 Å². The van der Waals surface area contributed by atoms with Gasteiger partial charge in [0.1, 0.15) is 11.5 Å². The van der Waals surface area contributed by atoms with Crippen LogP contribution in [0.3, 0.4) is 0 Å². The fourth-order valence-corrected chi connectivity index (χ4v) is 3.52. The van der Waals surface area contributed by atoms with E-state index in [4.69, 9.17) is 8.83 Å². The van der Waals surface area contributed by atoms with Gasteiger partial charge in [-0.25, -0.2) is 4.98 Å². The molecule has 122 valence electrons. The molecular formula is C15H13N5O2S2. The Balaban J connectivity index is 1.44. The summed E-state index contributed by atoms with van der Waals surface area (Å²) in [5.74, 6) is 3.85. The molecule has 0 unspecified atom stereocenters. The minimum Gasteiger partial charge on any atom is -0.466 e. The fourth-order valence-electron chi connectivity index (χ4n) is 2.22. The molecule has 0 aromatic carbocycles. The van der Waals surface area contributed by atoms with Gasteiger partial charge in [-0.2, -0.15) is 0 Å². The fraction of sp³-hybridized carbons (Fsp3) is 0.200. The summed E-state index contributed by atoms with van der Waals surface area (Å²) in [5.41, 5.74) is 0.828. The van der Waals surface area contributed by atoms with Crippen molar-refractivity contribution in [3.05, 3.63) is 41.0 Å². The zero-order valence-corrected chi connectivity index (χ0v) is 14.6. The monoisotopic (exact) mass is 359 g/mol. The lowest BCUT2D eigenvalue weighted by Crippen LogP contribution is -1.82. The first-order valence-corrected chi connectivity index (χ1v) is 9.04. The van der Waals surface area contributed by atoms with Crippen molar-refractivity contribution >= 4 is 23.1 Å². The van der Waals surface area contributed by atoms with Gasteiger partial charge in [0.2, 0.25) is 11.0 Å². The van der Waals surface area contributed by atoms with Crippen molar-refractivity contribution in [3.8, 4) is 22.2 Å². The van der Waals surface area contributed by atoms with Crippen molar-refractivity contribution in [3.63, 3.8) is 0 Å². The van der Waals surface area contributed by atoms with Crippen LogP contribution in [0.15, 0.2) is 37.6 Å². The molecule has 1 N–H and O–H groups in total. The van der Waals surface area contributed by atoms with Gasteiger partial charge in [0.05, 0.1) is 16.2 Å². The molecule has 4 aromatic heterocycles. The Hall–Kier alpha value is -2.39. The average Bonchev–Trinajstić information content (AvgIpc) is 3.33. The first-order chi connectivity index (χ1) is 11.7. The van der Waals surface area contributed by atoms with Crippen LogP contribution in [0.25, 0.3) is 22.2 Å². The first kappa shape index (κ1) is 15.2. The Labute approximate surface area is 145 Å². The summed E-state index contributed by atoms with van der Waals surface area (Å²) in [6.07, 6.45) is 0. The van der Waals surface area contributed by atoms with Crippen molar-refractivity contribution in [2.75, 3.05) is 0 Å². The standard InChI is InChI=1S/C15H13N5O2S2/c1-8-6-10(9(2)21-8)14-19-17-12(22-14)7-24-15-16-13(18-20-15)11-4-3-5-23-11/h3-6H,7H2,1-2H3,(H,16,18,20). The molecule has 0 aliphatic carbocycles. The third-order valence-electron chi connectivity index (χ3n) is 3.28. The Kier molecular flexibility index (Phi) is 3.95. The Morgan fingerprint density at radius 2 is 2.17 bits per heavy atom. The van der Waals surface area contributed by atoms with E-state index >= 15 is 0 Å². The second-order valence-corrected chi connectivity index (χ2v) is 6.95. The van der Waals surface area contributed by atoms with Gasteiger partial charge in [0.15, 0.2) is 5.82 Å². The summed E-state index contributed by atoms with van der Waals surface area (Å²) in [4.78, 5) is 5.51. The molecule has 9 heteroatoms. The van der Waals surface area contributed by atoms with Crippen LogP contribution in [0.1, 0.15) is 17.4 Å². The largest absolute Gasteiger partial charge is 0.466 e. The highest BCUT2D eigenvalue weighted by Crippen LogP contribution is 2.28. The predicted octanol–water partition coefficient (Wildman–Crippen LogP) is 4.09. The van der Waals surface area contributed by atoms with E-state index in [2.05, 4.69) is 25.4 Å². The quantitative estimate of drug-likeness (QED) is 0.536. The Morgan fingerprint density at radius 3 is 2.92 bits per heavy atom. The summed E-state index contributed by atoms with van der Waals surface area (Å²) in [6, 6.07) is 5.87. The highest BCUT2D eigenvalue weighted by molar-refractivity contribution is 7.98. The molecule has 24 heavy (non-hydrogen) atoms. The van der Waals surface area contributed by atoms with Gasteiger partial charge in [0, 0.05) is 0 Å². The maximum Gasteiger partial charge on any atom is 0.251 e. The molecule has 4 rings (SSSR count). The predicted molar refractivity (Wildman–Crippen MR) is 90.7 cm³/mol. The highest BCUT2D eigenvalue weighted by atomic mass is 32.2. The normalized spacial score (nSPS) is 11.2. The highest BCUT2D eigenvalue weighted by Gasteiger charge is 2.15. The maximum absolute atomic E-state index is 5.70. The number of hydrogen-bond acceptors (Lipinski definition) is 8. The van der Waals surface area contributed by atoms with E-state index in [9.17, 15) is 0 Å². The molecule has 0 spiro atoms. The van der Waals surface area contributed by atoms with Crippen molar-refractivity contribution < 1.29 is 8.83 Å². The van der Waals surface area contributed by atoms with E-state index in [0.29, 0.717) is 22.7 Å². The number of hydrogen-bond donors (Lipinski definition) is 1. The van der Waals surface area contributed by atoms with Crippen molar-refractivity contribution in [1.29, 1.82) is 0 Å². The maximum atomic E-state index is 5.70. The molecule has 0 aliphatic heterocycles. The summed E-state index contributed by atoms with van der Waals surface area (Å²) in [6.45, 7) is 3.76. The van der Waals surface area contributed by atoms with E-state index in [0.717, 1.165) is 27.8 Å². The number of aryl methyl sites for hydroxylation is 2. The SMILES string of the molecule is Cc1cc(-c2nnc(CSc3n[nH]c(-c4cccs4)n3)o2)c(C)o1. The van der Waals surface area contributed by atoms with Crippen LogP contribution >= 0.6 is 23.1 Å². The van der Waals surface area contributed by atoms with Crippen LogP contribution in [0.2, 0.25) is 0 Å². The van der Waals surface area contributed by atoms with Crippen molar-refractivity contribution in [2.45, 2.75) is 24.8 Å². The summed E-state index contributed by atoms with van der Waals surface area (Å²) in [7, 11) is 0. The minimum absolute atomic E-state index is 0.467. The molecule has 0 saturated heterocycles. The van der Waals surface area contributed by atoms with Gasteiger partial charge >= 0.3 is 0 Å². The number of nitrogens with one attached hydrogen (secondary N) is 1. The number of thiophene rings is 1. The Morgan fingerprint density at radius 1 is 1.25 bits per heavy atom. The van der Waals surface area contributed by atoms with Crippen LogP contribution in [-0.4, -0.2) is 25.4 Å². The lowest BCUT2D eigenvalue weighted by molar-refractivity contribution is 0.499. The number of thioether (sulfide) groups is 1. The van der Waals surface area contributed by atoms with E-state index in [1.54, 1.807) is 11.3 Å². The number of H-pyrrole nitrogens is 1. The molecule has 0 saturated carbocycles. The molecule has 0 bridgehead atoms. The zero-order chi connectivity index (χ0) is 16.5. The van der Waals surface area contributed by atoms with Crippen LogP contribution in [0.5, 0.6) is 0 Å². The number of aromatic nitrogens is 5. The van der Waals surface area contributed by atoms with E-state index < -0.39 is 0 Å². The molecule has 0 atom stereocenters. The van der Waals surface area contributed by atoms with Crippen LogP contribution in [0.4, 0.5) is 0 Å². The second kappa shape index (κ2) is 6.25. The number of nitrogens with zero attached hydrogens (tertiary/aromatic N) is 4. The van der Waals surface area contributed by atoms with E-state index in [1.807, 2.05) is 37.4 Å². The smallest absolute Gasteiger partial charge is 0.251 e. The Bertz CT molecular complexity index is 955. The second-order valence-electron chi connectivity index (χ2n) is 5.06. The van der Waals surface area contributed by atoms with Gasteiger partial charge in [-0.05, 0) is 31.4 Å². The molecule has 0 fully saturated rings. The zero-order valence-electron chi connectivity index (χ0n) is 12.9. The van der Waals surface area contributed by atoms with Crippen molar-refractivity contribution in [2.24, 2.45) is 0 Å². The van der Waals surface area contributed by atoms with Crippen LogP contribution in [0, 0.1) is 13.8 Å². The van der Waals surface area contributed by atoms with Crippen LogP contribution in [-0.2, 0) is 5.75 Å². The molecule has 0 aliphatic rings. The molecule has 0 amide bonds. The molecule has 4 aromatic rings. The molecule has 0 radical (unpaired) electrons. The first-order valence-electron chi connectivity index (χ1n) is 7.18. The number of furan rings is 1. The topological polar surface area (TPSA) is 93.6 Å². The van der Waals surface area contributed by atoms with E-state index in [1.165, 1.54) is 11.8 Å². The molecule has 7 nitrogen and oxygen atoms in total. The van der Waals surface area contributed by atoms with Gasteiger partial charge < -0.3 is 8.83 Å². The lowest BCUT2D eigenvalue weighted by Gasteiger charge is -1.91. The van der Waals surface area contributed by atoms with E-state index in [-0.39, 0.29) is 0 Å². The third-order valence-corrected chi connectivity index (χ3v) is 4.99. The molecular weight excluding hydrogens is 346 g/mol. The van der Waals surface area contributed by atoms with Crippen molar-refractivity contribution in [1.82, 2.24) is 25.4 Å². The number of rotatable bonds is 5. The average molecular weight is 359 g/mol. The minimum atomic E-state index is 0.467. The van der Waals surface area contributed by atoms with Gasteiger partial charge in [-0.3, -0.25) is 5.10 Å². The summed E-state index contributed by atoms with van der Waals surface area (Å²) < 4.78 is 11.2. The lowest BCUT2D eigenvalue weighted by atomic mass is 10.2. The number of aromatic amines is 1. The molecule has 4 heterocycles. The summed E-state index contributed by atoms with van der Waals surface area (Å²) in [5, 5.41) is 17.9. The third kappa shape index (κ3) is 3.00. The van der Waals surface area contributed by atoms with Gasteiger partial charge in [-0.1, -0.05) is 17.8 Å². The van der Waals surface area contributed by atoms with Crippen LogP contribution < -0.4 is 0 Å².